The Bertz CT molecular complexity index is 459. The molecule has 0 aliphatic heterocycles. The van der Waals surface area contributed by atoms with Crippen LogP contribution in [0.25, 0.3) is 11.3 Å². The van der Waals surface area contributed by atoms with Gasteiger partial charge in [0, 0.05) is 24.2 Å². The number of rotatable bonds is 2. The van der Waals surface area contributed by atoms with Crippen molar-refractivity contribution >= 4 is 11.6 Å². The Morgan fingerprint density at radius 2 is 2.00 bits per heavy atom. The zero-order valence-electron chi connectivity index (χ0n) is 7.89. The molecule has 0 aliphatic carbocycles. The van der Waals surface area contributed by atoms with Crippen LogP contribution < -0.4 is 0 Å². The van der Waals surface area contributed by atoms with E-state index in [-0.39, 0.29) is 6.61 Å². The monoisotopic (exact) mass is 220 g/mol. The van der Waals surface area contributed by atoms with Crippen LogP contribution in [0.1, 0.15) is 5.56 Å². The van der Waals surface area contributed by atoms with Gasteiger partial charge in [0.05, 0.1) is 17.3 Å². The van der Waals surface area contributed by atoms with Gasteiger partial charge in [0.2, 0.25) is 0 Å². The molecule has 0 radical (unpaired) electrons. The number of pyridine rings is 2. The van der Waals surface area contributed by atoms with E-state index < -0.39 is 0 Å². The molecule has 3 nitrogen and oxygen atoms in total. The molecule has 0 fully saturated rings. The minimum Gasteiger partial charge on any atom is -0.392 e. The number of aliphatic hydroxyl groups is 1. The number of aliphatic hydroxyl groups excluding tert-OH is 1. The zero-order valence-corrected chi connectivity index (χ0v) is 8.65. The lowest BCUT2D eigenvalue weighted by atomic mass is 10.1. The molecule has 15 heavy (non-hydrogen) atoms. The summed E-state index contributed by atoms with van der Waals surface area (Å²) < 4.78 is 0. The maximum Gasteiger partial charge on any atom is 0.0889 e. The number of hydrogen-bond donors (Lipinski definition) is 1. The summed E-state index contributed by atoms with van der Waals surface area (Å²) in [4.78, 5) is 8.12. The Morgan fingerprint density at radius 3 is 2.60 bits per heavy atom. The Hall–Kier alpha value is -1.45. The van der Waals surface area contributed by atoms with Crippen molar-refractivity contribution in [3.05, 3.63) is 47.4 Å². The third-order valence-corrected chi connectivity index (χ3v) is 2.32. The summed E-state index contributed by atoms with van der Waals surface area (Å²) in [5, 5.41) is 9.45. The predicted molar refractivity (Wildman–Crippen MR) is 58.4 cm³/mol. The number of halogens is 1. The highest BCUT2D eigenvalue weighted by atomic mass is 35.5. The molecule has 0 spiro atoms. The third-order valence-electron chi connectivity index (χ3n) is 2.03. The zero-order chi connectivity index (χ0) is 10.7. The molecule has 0 saturated carbocycles. The molecule has 0 amide bonds. The third kappa shape index (κ3) is 2.14. The first kappa shape index (κ1) is 10.1. The maximum absolute atomic E-state index is 8.91. The highest BCUT2D eigenvalue weighted by Gasteiger charge is 2.05. The second-order valence-electron chi connectivity index (χ2n) is 3.07. The first-order valence-electron chi connectivity index (χ1n) is 4.47. The van der Waals surface area contributed by atoms with Crippen molar-refractivity contribution in [1.29, 1.82) is 0 Å². The molecule has 0 aliphatic rings. The predicted octanol–water partition coefficient (Wildman–Crippen LogP) is 2.29. The first-order chi connectivity index (χ1) is 7.31. The summed E-state index contributed by atoms with van der Waals surface area (Å²) in [6, 6.07) is 5.39. The smallest absolute Gasteiger partial charge is 0.0889 e. The van der Waals surface area contributed by atoms with Gasteiger partial charge in [-0.1, -0.05) is 11.6 Å². The summed E-state index contributed by atoms with van der Waals surface area (Å²) in [5.41, 5.74) is 2.33. The van der Waals surface area contributed by atoms with Gasteiger partial charge in [0.15, 0.2) is 0 Å². The molecule has 2 heterocycles. The molecular formula is C11H9ClN2O. The lowest BCUT2D eigenvalue weighted by Gasteiger charge is -2.04. The van der Waals surface area contributed by atoms with Crippen LogP contribution in [0, 0.1) is 0 Å². The highest BCUT2D eigenvalue weighted by molar-refractivity contribution is 6.33. The van der Waals surface area contributed by atoms with E-state index in [1.807, 2.05) is 12.1 Å². The van der Waals surface area contributed by atoms with Crippen LogP contribution in [-0.2, 0) is 6.61 Å². The first-order valence-corrected chi connectivity index (χ1v) is 4.84. The van der Waals surface area contributed by atoms with Gasteiger partial charge in [-0.2, -0.15) is 0 Å². The van der Waals surface area contributed by atoms with Crippen LogP contribution in [0.15, 0.2) is 36.8 Å². The number of nitrogens with zero attached hydrogens (tertiary/aromatic N) is 2. The fraction of sp³-hybridized carbons (Fsp3) is 0.0909. The maximum atomic E-state index is 8.91. The molecule has 2 aromatic heterocycles. The van der Waals surface area contributed by atoms with Gasteiger partial charge in [-0.15, -0.1) is 0 Å². The number of aromatic nitrogens is 2. The Morgan fingerprint density at radius 1 is 1.27 bits per heavy atom. The molecule has 0 saturated heterocycles. The van der Waals surface area contributed by atoms with Gasteiger partial charge >= 0.3 is 0 Å². The Labute approximate surface area is 92.4 Å². The molecular weight excluding hydrogens is 212 g/mol. The average molecular weight is 221 g/mol. The van der Waals surface area contributed by atoms with E-state index >= 15 is 0 Å². The summed E-state index contributed by atoms with van der Waals surface area (Å²) in [7, 11) is 0. The van der Waals surface area contributed by atoms with Gasteiger partial charge in [0.25, 0.3) is 0 Å². The molecule has 2 rings (SSSR count). The van der Waals surface area contributed by atoms with Crippen molar-refractivity contribution in [2.24, 2.45) is 0 Å². The largest absolute Gasteiger partial charge is 0.392 e. The average Bonchev–Trinajstić information content (AvgIpc) is 2.30. The van der Waals surface area contributed by atoms with Crippen molar-refractivity contribution in [1.82, 2.24) is 9.97 Å². The molecule has 1 N–H and O–H groups in total. The van der Waals surface area contributed by atoms with Gasteiger partial charge in [-0.25, -0.2) is 0 Å². The molecule has 0 bridgehead atoms. The van der Waals surface area contributed by atoms with Crippen molar-refractivity contribution in [2.75, 3.05) is 0 Å². The lowest BCUT2D eigenvalue weighted by Crippen LogP contribution is -1.90. The van der Waals surface area contributed by atoms with E-state index in [2.05, 4.69) is 9.97 Å². The summed E-state index contributed by atoms with van der Waals surface area (Å²) in [5.74, 6) is 0. The van der Waals surface area contributed by atoms with Gasteiger partial charge < -0.3 is 5.11 Å². The Kier molecular flexibility index (Phi) is 2.94. The van der Waals surface area contributed by atoms with Crippen LogP contribution in [-0.4, -0.2) is 15.1 Å². The van der Waals surface area contributed by atoms with E-state index in [0.29, 0.717) is 16.3 Å². The summed E-state index contributed by atoms with van der Waals surface area (Å²) >= 11 is 6.05. The lowest BCUT2D eigenvalue weighted by molar-refractivity contribution is 0.281. The fourth-order valence-corrected chi connectivity index (χ4v) is 1.58. The molecule has 76 valence electrons. The second-order valence-corrected chi connectivity index (χ2v) is 3.48. The topological polar surface area (TPSA) is 46.0 Å². The van der Waals surface area contributed by atoms with E-state index in [4.69, 9.17) is 16.7 Å². The SMILES string of the molecule is OCc1cnc(-c2ccncc2)c(Cl)c1. The van der Waals surface area contributed by atoms with Crippen LogP contribution in [0.4, 0.5) is 0 Å². The van der Waals surface area contributed by atoms with Crippen molar-refractivity contribution in [3.63, 3.8) is 0 Å². The minimum atomic E-state index is -0.0522. The molecule has 0 aromatic carbocycles. The van der Waals surface area contributed by atoms with Crippen LogP contribution in [0.2, 0.25) is 5.02 Å². The molecule has 2 aromatic rings. The van der Waals surface area contributed by atoms with Gasteiger partial charge in [-0.3, -0.25) is 9.97 Å². The molecule has 0 unspecified atom stereocenters. The highest BCUT2D eigenvalue weighted by Crippen LogP contribution is 2.25. The quantitative estimate of drug-likeness (QED) is 0.845. The molecule has 0 atom stereocenters. The summed E-state index contributed by atoms with van der Waals surface area (Å²) in [6.45, 7) is -0.0522. The van der Waals surface area contributed by atoms with Gasteiger partial charge in [-0.05, 0) is 23.8 Å². The molecule has 4 heteroatoms. The van der Waals surface area contributed by atoms with Crippen LogP contribution in [0.3, 0.4) is 0 Å². The summed E-state index contributed by atoms with van der Waals surface area (Å²) in [6.07, 6.45) is 4.99. The van der Waals surface area contributed by atoms with E-state index in [1.165, 1.54) is 0 Å². The van der Waals surface area contributed by atoms with E-state index in [1.54, 1.807) is 24.7 Å². The van der Waals surface area contributed by atoms with Crippen molar-refractivity contribution in [2.45, 2.75) is 6.61 Å². The Balaban J connectivity index is 2.46. The van der Waals surface area contributed by atoms with Crippen LogP contribution >= 0.6 is 11.6 Å². The standard InChI is InChI=1S/C11H9ClN2O/c12-10-5-8(7-15)6-14-11(10)9-1-3-13-4-2-9/h1-6,15H,7H2. The van der Waals surface area contributed by atoms with Gasteiger partial charge in [0.1, 0.15) is 0 Å². The van der Waals surface area contributed by atoms with Crippen molar-refractivity contribution in [3.8, 4) is 11.3 Å². The normalized spacial score (nSPS) is 10.3. The minimum absolute atomic E-state index is 0.0522. The fourth-order valence-electron chi connectivity index (χ4n) is 1.29. The van der Waals surface area contributed by atoms with Crippen molar-refractivity contribution < 1.29 is 5.11 Å². The van der Waals surface area contributed by atoms with E-state index in [9.17, 15) is 0 Å². The number of hydrogen-bond acceptors (Lipinski definition) is 3. The van der Waals surface area contributed by atoms with E-state index in [0.717, 1.165) is 5.56 Å². The van der Waals surface area contributed by atoms with Crippen LogP contribution in [0.5, 0.6) is 0 Å². The second kappa shape index (κ2) is 4.38.